The van der Waals surface area contributed by atoms with Gasteiger partial charge in [0, 0.05) is 11.1 Å². The molecule has 0 radical (unpaired) electrons. The number of thioether (sulfide) groups is 1. The van der Waals surface area contributed by atoms with Crippen molar-refractivity contribution in [2.24, 2.45) is 0 Å². The number of Topliss-reactive ketones (excluding diaryl/α,β-unsaturated/α-hetero) is 1. The van der Waals surface area contributed by atoms with Gasteiger partial charge in [0.15, 0.2) is 11.4 Å². The number of thiophene rings is 1. The first kappa shape index (κ1) is 17.8. The summed E-state index contributed by atoms with van der Waals surface area (Å²) in [7, 11) is 0. The van der Waals surface area contributed by atoms with Crippen LogP contribution in [0.15, 0.2) is 35.5 Å². The summed E-state index contributed by atoms with van der Waals surface area (Å²) in [6, 6.07) is 6.34. The van der Waals surface area contributed by atoms with Crippen molar-refractivity contribution in [1.82, 2.24) is 15.0 Å². The number of nitrogens with zero attached hydrogens (tertiary/aromatic N) is 3. The number of hydrogen-bond donors (Lipinski definition) is 1. The highest BCUT2D eigenvalue weighted by Gasteiger charge is 2.35. The van der Waals surface area contributed by atoms with Gasteiger partial charge >= 0.3 is 6.18 Å². The smallest absolute Gasteiger partial charge is 0.391 e. The van der Waals surface area contributed by atoms with E-state index >= 15 is 0 Å². The van der Waals surface area contributed by atoms with Gasteiger partial charge in [-0.15, -0.1) is 11.3 Å². The molecule has 130 valence electrons. The normalized spacial score (nSPS) is 11.8. The molecule has 25 heavy (non-hydrogen) atoms. The van der Waals surface area contributed by atoms with Crippen LogP contribution in [0.4, 0.5) is 13.2 Å². The Balaban J connectivity index is 1.88. The van der Waals surface area contributed by atoms with Crippen molar-refractivity contribution in [3.05, 3.63) is 46.0 Å². The molecule has 0 spiro atoms. The molecule has 0 aromatic carbocycles. The Bertz CT molecular complexity index is 928. The molecule has 1 N–H and O–H groups in total. The zero-order valence-corrected chi connectivity index (χ0v) is 14.1. The quantitative estimate of drug-likeness (QED) is 0.411. The van der Waals surface area contributed by atoms with Crippen molar-refractivity contribution < 1.29 is 23.1 Å². The molecule has 0 aliphatic carbocycles. The average Bonchev–Trinajstić information content (AvgIpc) is 3.07. The number of hydrogen-bond acceptors (Lipinski definition) is 7. The summed E-state index contributed by atoms with van der Waals surface area (Å²) in [5.74, 6) is -1.62. The summed E-state index contributed by atoms with van der Waals surface area (Å²) in [5.41, 5.74) is -0.0709. The molecule has 0 unspecified atom stereocenters. The Morgan fingerprint density at radius 2 is 2.04 bits per heavy atom. The van der Waals surface area contributed by atoms with Gasteiger partial charge in [-0.25, -0.2) is 15.0 Å². The molecule has 0 aliphatic rings. The van der Waals surface area contributed by atoms with Crippen LogP contribution in [0.3, 0.4) is 0 Å². The maximum absolute atomic E-state index is 13.0. The van der Waals surface area contributed by atoms with Gasteiger partial charge in [-0.1, -0.05) is 11.8 Å². The highest BCUT2D eigenvalue weighted by Crippen LogP contribution is 2.32. The van der Waals surface area contributed by atoms with Gasteiger partial charge in [0.05, 0.1) is 22.6 Å². The van der Waals surface area contributed by atoms with Gasteiger partial charge in [0.1, 0.15) is 5.03 Å². The van der Waals surface area contributed by atoms with E-state index in [2.05, 4.69) is 15.0 Å². The second-order valence-corrected chi connectivity index (χ2v) is 6.99. The summed E-state index contributed by atoms with van der Waals surface area (Å²) >= 11 is 2.05. The molecule has 3 aromatic heterocycles. The van der Waals surface area contributed by atoms with Crippen LogP contribution in [-0.2, 0) is 12.8 Å². The molecule has 0 amide bonds. The van der Waals surface area contributed by atoms with Crippen molar-refractivity contribution in [2.75, 3.05) is 5.75 Å². The van der Waals surface area contributed by atoms with Crippen LogP contribution in [0, 0.1) is 0 Å². The molecule has 0 bridgehead atoms. The molecule has 3 heterocycles. The van der Waals surface area contributed by atoms with Crippen LogP contribution in [0.1, 0.15) is 20.4 Å². The summed E-state index contributed by atoms with van der Waals surface area (Å²) in [6.07, 6.45) is -3.36. The molecular formula is C15H10F3N3O2S2. The number of halogens is 3. The maximum Gasteiger partial charge on any atom is 0.451 e. The summed E-state index contributed by atoms with van der Waals surface area (Å²) in [4.78, 5) is 24.1. The second-order valence-electron chi connectivity index (χ2n) is 4.86. The lowest BCUT2D eigenvalue weighted by atomic mass is 10.3. The maximum atomic E-state index is 13.0. The monoisotopic (exact) mass is 385 g/mol. The number of carbonyl (C=O) groups excluding carboxylic acids is 1. The van der Waals surface area contributed by atoms with Crippen molar-refractivity contribution >= 4 is 39.9 Å². The molecule has 0 saturated heterocycles. The first-order valence-corrected chi connectivity index (χ1v) is 8.74. The van der Waals surface area contributed by atoms with Crippen LogP contribution < -0.4 is 0 Å². The predicted octanol–water partition coefficient (Wildman–Crippen LogP) is 3.57. The van der Waals surface area contributed by atoms with Gasteiger partial charge in [-0.2, -0.15) is 13.2 Å². The van der Waals surface area contributed by atoms with Crippen LogP contribution in [0.2, 0.25) is 0 Å². The molecule has 0 atom stereocenters. The minimum Gasteiger partial charge on any atom is -0.391 e. The van der Waals surface area contributed by atoms with Crippen molar-refractivity contribution in [3.8, 4) is 0 Å². The van der Waals surface area contributed by atoms with E-state index in [9.17, 15) is 18.0 Å². The molecule has 10 heteroatoms. The Hall–Kier alpha value is -2.04. The van der Waals surface area contributed by atoms with Crippen molar-refractivity contribution in [1.29, 1.82) is 0 Å². The fraction of sp³-hybridized carbons (Fsp3) is 0.200. The van der Waals surface area contributed by atoms with Gasteiger partial charge < -0.3 is 5.11 Å². The third-order valence-electron chi connectivity index (χ3n) is 3.12. The van der Waals surface area contributed by atoms with Crippen molar-refractivity contribution in [2.45, 2.75) is 17.8 Å². The van der Waals surface area contributed by atoms with E-state index in [0.717, 1.165) is 23.1 Å². The lowest BCUT2D eigenvalue weighted by molar-refractivity contribution is -0.145. The third-order valence-corrected chi connectivity index (χ3v) is 5.22. The molecule has 0 saturated carbocycles. The first-order chi connectivity index (χ1) is 11.9. The predicted molar refractivity (Wildman–Crippen MR) is 87.6 cm³/mol. The lowest BCUT2D eigenvalue weighted by Gasteiger charge is -2.09. The fourth-order valence-corrected chi connectivity index (χ4v) is 3.78. The molecule has 0 aliphatic heterocycles. The number of rotatable bonds is 5. The van der Waals surface area contributed by atoms with Crippen LogP contribution in [0.5, 0.6) is 0 Å². The zero-order chi connectivity index (χ0) is 18.0. The van der Waals surface area contributed by atoms with Gasteiger partial charge in [0.2, 0.25) is 5.82 Å². The van der Waals surface area contributed by atoms with Gasteiger partial charge in [-0.3, -0.25) is 4.79 Å². The number of alkyl halides is 3. The molecule has 3 aromatic rings. The van der Waals surface area contributed by atoms with Crippen LogP contribution >= 0.6 is 23.1 Å². The topological polar surface area (TPSA) is 76.0 Å². The Labute approximate surface area is 148 Å². The number of aliphatic hydroxyl groups is 1. The SMILES string of the molecule is O=C(CSc1nc(C(F)(F)F)nc2ncccc12)c1ccc(CO)s1. The Morgan fingerprint density at radius 3 is 2.72 bits per heavy atom. The molecule has 3 rings (SSSR count). The number of carbonyl (C=O) groups is 1. The lowest BCUT2D eigenvalue weighted by Crippen LogP contribution is -2.12. The van der Waals surface area contributed by atoms with Crippen LogP contribution in [-0.4, -0.2) is 31.6 Å². The van der Waals surface area contributed by atoms with E-state index in [-0.39, 0.29) is 28.8 Å². The molecule has 5 nitrogen and oxygen atoms in total. The van der Waals surface area contributed by atoms with Crippen molar-refractivity contribution in [3.63, 3.8) is 0 Å². The minimum atomic E-state index is -4.70. The standard InChI is InChI=1S/C15H10F3N3O2S2/c16-15(17,18)14-20-12-9(2-1-5-19-12)13(21-14)24-7-10(23)11-4-3-8(6-22)25-11/h1-5,22H,6-7H2. The Morgan fingerprint density at radius 1 is 1.24 bits per heavy atom. The highest BCUT2D eigenvalue weighted by molar-refractivity contribution is 8.00. The van der Waals surface area contributed by atoms with E-state index in [4.69, 9.17) is 5.11 Å². The largest absolute Gasteiger partial charge is 0.451 e. The summed E-state index contributed by atoms with van der Waals surface area (Å²) < 4.78 is 38.9. The first-order valence-electron chi connectivity index (χ1n) is 6.94. The van der Waals surface area contributed by atoms with Gasteiger partial charge in [0.25, 0.3) is 0 Å². The zero-order valence-electron chi connectivity index (χ0n) is 12.4. The molecular weight excluding hydrogens is 375 g/mol. The minimum absolute atomic E-state index is 0.0534. The summed E-state index contributed by atoms with van der Waals surface area (Å²) in [5, 5.41) is 9.44. The third kappa shape index (κ3) is 3.97. The van der Waals surface area contributed by atoms with Gasteiger partial charge in [-0.05, 0) is 24.3 Å². The number of pyridine rings is 1. The summed E-state index contributed by atoms with van der Waals surface area (Å²) in [6.45, 7) is -0.164. The average molecular weight is 385 g/mol. The number of aromatic nitrogens is 3. The van der Waals surface area contributed by atoms with E-state index in [0.29, 0.717) is 15.1 Å². The van der Waals surface area contributed by atoms with E-state index < -0.39 is 12.0 Å². The second kappa shape index (κ2) is 7.06. The number of fused-ring (bicyclic) bond motifs is 1. The van der Waals surface area contributed by atoms with E-state index in [1.165, 1.54) is 6.20 Å². The fourth-order valence-electron chi connectivity index (χ4n) is 1.99. The van der Waals surface area contributed by atoms with Crippen LogP contribution in [0.25, 0.3) is 11.0 Å². The van der Waals surface area contributed by atoms with E-state index in [1.807, 2.05) is 0 Å². The number of aliphatic hydroxyl groups excluding tert-OH is 1. The highest BCUT2D eigenvalue weighted by atomic mass is 32.2. The van der Waals surface area contributed by atoms with E-state index in [1.54, 1.807) is 24.3 Å². The number of ketones is 1. The molecule has 0 fully saturated rings. The Kier molecular flexibility index (Phi) is 5.02.